The summed E-state index contributed by atoms with van der Waals surface area (Å²) in [6.07, 6.45) is 2.24. The van der Waals surface area contributed by atoms with Crippen LogP contribution in [0.4, 0.5) is 0 Å². The number of hydrogen-bond donors (Lipinski definition) is 2. The van der Waals surface area contributed by atoms with Crippen molar-refractivity contribution in [2.75, 3.05) is 26.7 Å². The molecule has 3 aromatic rings. The smallest absolute Gasteiger partial charge is 0.224 e. The Morgan fingerprint density at radius 2 is 1.93 bits per heavy atom. The number of carbonyl (C=O) groups is 1. The molecule has 1 fully saturated rings. The van der Waals surface area contributed by atoms with Gasteiger partial charge in [-0.2, -0.15) is 5.10 Å². The maximum atomic E-state index is 12.5. The van der Waals surface area contributed by atoms with E-state index < -0.39 is 0 Å². The van der Waals surface area contributed by atoms with E-state index in [1.54, 1.807) is 7.11 Å². The quantitative estimate of drug-likeness (QED) is 0.665. The van der Waals surface area contributed by atoms with Crippen molar-refractivity contribution in [2.45, 2.75) is 6.42 Å². The molecule has 1 saturated heterocycles. The Morgan fingerprint density at radius 1 is 1.18 bits per heavy atom. The first-order valence-electron chi connectivity index (χ1n) is 9.49. The molecule has 0 unspecified atom stereocenters. The second-order valence-corrected chi connectivity index (χ2v) is 7.02. The largest absolute Gasteiger partial charge is 0.497 e. The Balaban J connectivity index is 1.60. The van der Waals surface area contributed by atoms with Gasteiger partial charge in [0.05, 0.1) is 24.9 Å². The van der Waals surface area contributed by atoms with Crippen molar-refractivity contribution in [3.63, 3.8) is 0 Å². The van der Waals surface area contributed by atoms with Gasteiger partial charge in [-0.05, 0) is 36.4 Å². The van der Waals surface area contributed by atoms with Gasteiger partial charge in [-0.25, -0.2) is 4.68 Å². The summed E-state index contributed by atoms with van der Waals surface area (Å²) in [5, 5.41) is 11.0. The zero-order valence-electron chi connectivity index (χ0n) is 15.9. The van der Waals surface area contributed by atoms with E-state index in [0.717, 1.165) is 47.9 Å². The summed E-state index contributed by atoms with van der Waals surface area (Å²) in [5.74, 6) is 1.35. The zero-order chi connectivity index (χ0) is 19.3. The summed E-state index contributed by atoms with van der Waals surface area (Å²) < 4.78 is 7.08. The number of aromatic nitrogens is 2. The molecule has 2 N–H and O–H groups in total. The third kappa shape index (κ3) is 4.07. The van der Waals surface area contributed by atoms with E-state index in [9.17, 15) is 4.79 Å². The van der Waals surface area contributed by atoms with Gasteiger partial charge in [0.1, 0.15) is 5.75 Å². The van der Waals surface area contributed by atoms with Crippen LogP contribution in [0.25, 0.3) is 16.9 Å². The fourth-order valence-electron chi connectivity index (χ4n) is 3.23. The second-order valence-electron chi connectivity index (χ2n) is 7.02. The van der Waals surface area contributed by atoms with Crippen molar-refractivity contribution in [3.05, 3.63) is 66.4 Å². The van der Waals surface area contributed by atoms with Crippen molar-refractivity contribution in [1.29, 1.82) is 0 Å². The fourth-order valence-corrected chi connectivity index (χ4v) is 3.23. The van der Waals surface area contributed by atoms with Crippen LogP contribution in [0.15, 0.2) is 60.8 Å². The predicted molar refractivity (Wildman–Crippen MR) is 109 cm³/mol. The molecule has 28 heavy (non-hydrogen) atoms. The van der Waals surface area contributed by atoms with Gasteiger partial charge in [0.15, 0.2) is 0 Å². The lowest BCUT2D eigenvalue weighted by molar-refractivity contribution is -0.120. The molecular formula is C22H24N4O2. The first kappa shape index (κ1) is 18.3. The highest BCUT2D eigenvalue weighted by atomic mass is 16.5. The van der Waals surface area contributed by atoms with Crippen LogP contribution in [-0.4, -0.2) is 42.4 Å². The number of methoxy groups -OCH3 is 1. The highest BCUT2D eigenvalue weighted by molar-refractivity contribution is 5.81. The first-order valence-corrected chi connectivity index (χ1v) is 9.49. The number of benzene rings is 2. The minimum absolute atomic E-state index is 0.0225. The molecule has 1 aliphatic rings. The van der Waals surface area contributed by atoms with Crippen molar-refractivity contribution in [1.82, 2.24) is 20.4 Å². The number of para-hydroxylation sites is 1. The van der Waals surface area contributed by atoms with E-state index in [2.05, 4.69) is 10.6 Å². The van der Waals surface area contributed by atoms with Crippen molar-refractivity contribution in [2.24, 2.45) is 5.92 Å². The minimum Gasteiger partial charge on any atom is -0.497 e. The number of rotatable bonds is 7. The number of amides is 1. The van der Waals surface area contributed by atoms with Crippen molar-refractivity contribution in [3.8, 4) is 22.7 Å². The number of carbonyl (C=O) groups excluding carboxylic acids is 1. The Hall–Kier alpha value is -3.12. The third-order valence-electron chi connectivity index (χ3n) is 4.98. The second kappa shape index (κ2) is 8.27. The SMILES string of the molecule is COc1ccc(-c2nn(-c3ccccc3)cc2CC(=O)NCC2CNC2)cc1. The standard InChI is InChI=1S/C22H24N4O2/c1-28-20-9-7-17(8-10-20)22-18(11-21(27)24-14-16-12-23-13-16)15-26(25-22)19-5-3-2-4-6-19/h2-10,15-16,23H,11-14H2,1H3,(H,24,27). The van der Waals surface area contributed by atoms with E-state index in [-0.39, 0.29) is 5.91 Å². The molecule has 6 heteroatoms. The maximum Gasteiger partial charge on any atom is 0.224 e. The molecule has 6 nitrogen and oxygen atoms in total. The van der Waals surface area contributed by atoms with E-state index in [1.165, 1.54) is 0 Å². The third-order valence-corrected chi connectivity index (χ3v) is 4.98. The Labute approximate surface area is 164 Å². The molecule has 4 rings (SSSR count). The van der Waals surface area contributed by atoms with Crippen molar-refractivity contribution >= 4 is 5.91 Å². The van der Waals surface area contributed by atoms with E-state index in [4.69, 9.17) is 9.84 Å². The number of hydrogen-bond acceptors (Lipinski definition) is 4. The lowest BCUT2D eigenvalue weighted by atomic mass is 10.0. The van der Waals surface area contributed by atoms with Gasteiger partial charge in [-0.1, -0.05) is 18.2 Å². The number of ether oxygens (including phenoxy) is 1. The molecule has 2 aromatic carbocycles. The molecular weight excluding hydrogens is 352 g/mol. The molecule has 1 aliphatic heterocycles. The number of nitrogens with zero attached hydrogens (tertiary/aromatic N) is 2. The molecule has 2 heterocycles. The highest BCUT2D eigenvalue weighted by Gasteiger charge is 2.19. The molecule has 144 valence electrons. The predicted octanol–water partition coefficient (Wildman–Crippen LogP) is 2.43. The maximum absolute atomic E-state index is 12.5. The van der Waals surface area contributed by atoms with Gasteiger partial charge in [-0.15, -0.1) is 0 Å². The average molecular weight is 376 g/mol. The summed E-state index contributed by atoms with van der Waals surface area (Å²) in [6.45, 7) is 2.67. The van der Waals surface area contributed by atoms with Crippen LogP contribution in [0.1, 0.15) is 5.56 Å². The van der Waals surface area contributed by atoms with Gasteiger partial charge in [-0.3, -0.25) is 4.79 Å². The molecule has 0 spiro atoms. The average Bonchev–Trinajstić information content (AvgIpc) is 3.11. The highest BCUT2D eigenvalue weighted by Crippen LogP contribution is 2.26. The normalized spacial score (nSPS) is 13.8. The van der Waals surface area contributed by atoms with E-state index >= 15 is 0 Å². The monoisotopic (exact) mass is 376 g/mol. The molecule has 1 aromatic heterocycles. The molecule has 0 bridgehead atoms. The van der Waals surface area contributed by atoms with E-state index in [0.29, 0.717) is 12.3 Å². The molecule has 1 amide bonds. The minimum atomic E-state index is 0.0225. The Bertz CT molecular complexity index is 931. The van der Waals surface area contributed by atoms with Crippen LogP contribution in [-0.2, 0) is 11.2 Å². The zero-order valence-corrected chi connectivity index (χ0v) is 15.9. The Morgan fingerprint density at radius 3 is 2.57 bits per heavy atom. The first-order chi connectivity index (χ1) is 13.7. The summed E-state index contributed by atoms with van der Waals surface area (Å²) in [6, 6.07) is 17.7. The summed E-state index contributed by atoms with van der Waals surface area (Å²) in [5.41, 5.74) is 3.64. The van der Waals surface area contributed by atoms with Crippen LogP contribution in [0.2, 0.25) is 0 Å². The van der Waals surface area contributed by atoms with Crippen LogP contribution in [0.3, 0.4) is 0 Å². The van der Waals surface area contributed by atoms with Gasteiger partial charge >= 0.3 is 0 Å². The Kier molecular flexibility index (Phi) is 5.39. The summed E-state index contributed by atoms with van der Waals surface area (Å²) >= 11 is 0. The lowest BCUT2D eigenvalue weighted by Gasteiger charge is -2.27. The van der Waals surface area contributed by atoms with Gasteiger partial charge in [0, 0.05) is 42.9 Å². The molecule has 0 atom stereocenters. The summed E-state index contributed by atoms with van der Waals surface area (Å²) in [4.78, 5) is 12.5. The molecule has 0 aliphatic carbocycles. The fraction of sp³-hybridized carbons (Fsp3) is 0.273. The van der Waals surface area contributed by atoms with Crippen LogP contribution in [0, 0.1) is 5.92 Å². The summed E-state index contributed by atoms with van der Waals surface area (Å²) in [7, 11) is 1.65. The van der Waals surface area contributed by atoms with Crippen LogP contribution in [0.5, 0.6) is 5.75 Å². The van der Waals surface area contributed by atoms with Gasteiger partial charge in [0.25, 0.3) is 0 Å². The molecule has 0 saturated carbocycles. The lowest BCUT2D eigenvalue weighted by Crippen LogP contribution is -2.48. The molecule has 0 radical (unpaired) electrons. The number of nitrogens with one attached hydrogen (secondary N) is 2. The van der Waals surface area contributed by atoms with Gasteiger partial charge in [0.2, 0.25) is 5.91 Å². The van der Waals surface area contributed by atoms with E-state index in [1.807, 2.05) is 65.5 Å². The van der Waals surface area contributed by atoms with Crippen LogP contribution >= 0.6 is 0 Å². The van der Waals surface area contributed by atoms with Crippen molar-refractivity contribution < 1.29 is 9.53 Å². The van der Waals surface area contributed by atoms with Crippen LogP contribution < -0.4 is 15.4 Å². The topological polar surface area (TPSA) is 68.2 Å². The van der Waals surface area contributed by atoms with Gasteiger partial charge < -0.3 is 15.4 Å².